The molecule has 0 radical (unpaired) electrons. The van der Waals surface area contributed by atoms with Crippen molar-refractivity contribution in [2.75, 3.05) is 0 Å². The van der Waals surface area contributed by atoms with E-state index < -0.39 is 0 Å². The maximum Gasteiger partial charge on any atom is 0.206 e. The zero-order chi connectivity index (χ0) is 38.9. The Bertz CT molecular complexity index is 3540. The van der Waals surface area contributed by atoms with Crippen molar-refractivity contribution < 1.29 is 0 Å². The van der Waals surface area contributed by atoms with Crippen molar-refractivity contribution in [2.24, 2.45) is 0 Å². The van der Waals surface area contributed by atoms with Gasteiger partial charge < -0.3 is 0 Å². The lowest BCUT2D eigenvalue weighted by Crippen LogP contribution is -2.02. The molecule has 0 amide bonds. The zero-order valence-electron chi connectivity index (χ0n) is 31.8. The number of hydrogen-bond donors (Lipinski definition) is 0. The van der Waals surface area contributed by atoms with Crippen LogP contribution in [0.5, 0.6) is 0 Å². The number of para-hydroxylation sites is 1. The topological polar surface area (TPSA) is 56.5 Å². The van der Waals surface area contributed by atoms with Crippen LogP contribution in [0.4, 0.5) is 0 Å². The highest BCUT2D eigenvalue weighted by Crippen LogP contribution is 2.49. The first-order chi connectivity index (χ1) is 29.2. The fourth-order valence-electron chi connectivity index (χ4n) is 8.99. The van der Waals surface area contributed by atoms with E-state index in [2.05, 4.69) is 150 Å². The lowest BCUT2D eigenvalue weighted by atomic mass is 9.81. The van der Waals surface area contributed by atoms with Crippen LogP contribution >= 0.6 is 0 Å². The van der Waals surface area contributed by atoms with Crippen molar-refractivity contribution in [3.63, 3.8) is 0 Å². The van der Waals surface area contributed by atoms with E-state index in [0.29, 0.717) is 11.6 Å². The van der Waals surface area contributed by atoms with Crippen LogP contribution in [0.15, 0.2) is 200 Å². The van der Waals surface area contributed by atoms with Crippen LogP contribution in [-0.2, 0) is 0 Å². The molecule has 0 aliphatic rings. The van der Waals surface area contributed by atoms with Crippen molar-refractivity contribution in [3.8, 4) is 62.1 Å². The monoisotopic (exact) mass is 751 g/mol. The minimum Gasteiger partial charge on any atom is -0.272 e. The highest BCUT2D eigenvalue weighted by molar-refractivity contribution is 6.31. The van der Waals surface area contributed by atoms with E-state index in [1.165, 1.54) is 76.1 Å². The standard InChI is InChI=1S/C54H33N5/c1-3-14-37(15-4-1)53-57-58-54(59(53)45-19-5-2-6-20-45)52-55-32-44(33-56-52)43-30-42-27-24-36-18-11-21-46-48(36)50(42)47(31-43)51(41-26-23-35-13-8-10-17-39(35)29-41)49(46)40-25-22-34-12-7-9-16-38(34)28-40/h1-33H. The third-order valence-electron chi connectivity index (χ3n) is 11.7. The predicted molar refractivity (Wildman–Crippen MR) is 243 cm³/mol. The summed E-state index contributed by atoms with van der Waals surface area (Å²) in [6, 6.07) is 67.1. The van der Waals surface area contributed by atoms with E-state index in [0.717, 1.165) is 28.2 Å². The molecule has 0 atom stereocenters. The summed E-state index contributed by atoms with van der Waals surface area (Å²) >= 11 is 0. The maximum absolute atomic E-state index is 4.97. The maximum atomic E-state index is 4.97. The van der Waals surface area contributed by atoms with Gasteiger partial charge in [0.05, 0.1) is 0 Å². The van der Waals surface area contributed by atoms with E-state index in [1.54, 1.807) is 0 Å². The number of aromatic nitrogens is 5. The Labute approximate surface area is 339 Å². The summed E-state index contributed by atoms with van der Waals surface area (Å²) in [4.78, 5) is 9.94. The molecule has 5 nitrogen and oxygen atoms in total. The van der Waals surface area contributed by atoms with Gasteiger partial charge in [0, 0.05) is 29.2 Å². The average molecular weight is 752 g/mol. The van der Waals surface area contributed by atoms with Crippen LogP contribution in [0.25, 0.3) is 116 Å². The third-order valence-corrected chi connectivity index (χ3v) is 11.7. The molecule has 0 N–H and O–H groups in total. The average Bonchev–Trinajstić information content (AvgIpc) is 3.76. The predicted octanol–water partition coefficient (Wildman–Crippen LogP) is 13.6. The molecule has 0 bridgehead atoms. The normalized spacial score (nSPS) is 11.7. The second-order valence-electron chi connectivity index (χ2n) is 15.1. The summed E-state index contributed by atoms with van der Waals surface area (Å²) in [5.74, 6) is 1.81. The molecule has 0 aliphatic heterocycles. The second kappa shape index (κ2) is 13.3. The molecular weight excluding hydrogens is 719 g/mol. The van der Waals surface area contributed by atoms with Gasteiger partial charge in [0.15, 0.2) is 11.6 Å². The number of hydrogen-bond acceptors (Lipinski definition) is 4. The fraction of sp³-hybridized carbons (Fsp3) is 0. The summed E-state index contributed by atoms with van der Waals surface area (Å²) < 4.78 is 2.03. The van der Waals surface area contributed by atoms with E-state index >= 15 is 0 Å². The summed E-state index contributed by atoms with van der Waals surface area (Å²) in [6.07, 6.45) is 3.84. The van der Waals surface area contributed by atoms with Crippen LogP contribution in [0.2, 0.25) is 0 Å². The number of fused-ring (bicyclic) bond motifs is 2. The van der Waals surface area contributed by atoms with E-state index in [1.807, 2.05) is 65.5 Å². The van der Waals surface area contributed by atoms with Crippen molar-refractivity contribution in [1.82, 2.24) is 24.7 Å². The number of nitrogens with zero attached hydrogens (tertiary/aromatic N) is 5. The van der Waals surface area contributed by atoms with Crippen LogP contribution in [0.1, 0.15) is 0 Å². The minimum absolute atomic E-state index is 0.500. The Morgan fingerprint density at radius 2 is 0.847 bits per heavy atom. The fourth-order valence-corrected chi connectivity index (χ4v) is 8.99. The molecule has 5 heteroatoms. The minimum atomic E-state index is 0.500. The summed E-state index contributed by atoms with van der Waals surface area (Å²) in [6.45, 7) is 0. The van der Waals surface area contributed by atoms with E-state index in [9.17, 15) is 0 Å². The molecule has 0 spiro atoms. The highest BCUT2D eigenvalue weighted by Gasteiger charge is 2.23. The first-order valence-electron chi connectivity index (χ1n) is 19.9. The molecule has 0 unspecified atom stereocenters. The van der Waals surface area contributed by atoms with Gasteiger partial charge in [0.25, 0.3) is 0 Å². The molecule has 12 aromatic rings. The number of benzene rings is 10. The van der Waals surface area contributed by atoms with Gasteiger partial charge in [-0.2, -0.15) is 0 Å². The van der Waals surface area contributed by atoms with E-state index in [4.69, 9.17) is 9.97 Å². The molecule has 0 aliphatic carbocycles. The molecular formula is C54H33N5. The summed E-state index contributed by atoms with van der Waals surface area (Å²) in [7, 11) is 0. The molecule has 0 saturated carbocycles. The first kappa shape index (κ1) is 33.2. The van der Waals surface area contributed by atoms with Crippen LogP contribution in [-0.4, -0.2) is 24.7 Å². The molecule has 10 aromatic carbocycles. The van der Waals surface area contributed by atoms with E-state index in [-0.39, 0.29) is 0 Å². The Hall–Kier alpha value is -8.02. The molecule has 12 rings (SSSR count). The van der Waals surface area contributed by atoms with Gasteiger partial charge in [-0.1, -0.05) is 152 Å². The van der Waals surface area contributed by atoms with Crippen LogP contribution in [0.3, 0.4) is 0 Å². The van der Waals surface area contributed by atoms with Gasteiger partial charge in [-0.3, -0.25) is 4.57 Å². The largest absolute Gasteiger partial charge is 0.272 e. The van der Waals surface area contributed by atoms with Gasteiger partial charge in [0.2, 0.25) is 5.82 Å². The summed E-state index contributed by atoms with van der Waals surface area (Å²) in [5.41, 5.74) is 8.69. The van der Waals surface area contributed by atoms with Gasteiger partial charge >= 0.3 is 0 Å². The quantitative estimate of drug-likeness (QED) is 0.159. The SMILES string of the molecule is c1ccc(-c2nnc(-c3ncc(-c4cc5ccc6cccc7c(-c8ccc9ccccc9c8)c(-c8ccc9ccccc9c8)c(c4)c5c67)cn3)n2-c2ccccc2)cc1. The second-order valence-corrected chi connectivity index (χ2v) is 15.1. The van der Waals surface area contributed by atoms with Crippen molar-refractivity contribution in [1.29, 1.82) is 0 Å². The van der Waals surface area contributed by atoms with Crippen molar-refractivity contribution in [2.45, 2.75) is 0 Å². The van der Waals surface area contributed by atoms with Gasteiger partial charge in [0.1, 0.15) is 0 Å². The third kappa shape index (κ3) is 5.40. The molecule has 0 saturated heterocycles. The van der Waals surface area contributed by atoms with Gasteiger partial charge in [-0.15, -0.1) is 10.2 Å². The molecule has 2 aromatic heterocycles. The van der Waals surface area contributed by atoms with Crippen molar-refractivity contribution >= 4 is 53.9 Å². The van der Waals surface area contributed by atoms with Crippen LogP contribution < -0.4 is 0 Å². The smallest absolute Gasteiger partial charge is 0.206 e. The number of rotatable bonds is 6. The zero-order valence-corrected chi connectivity index (χ0v) is 31.8. The van der Waals surface area contributed by atoms with Gasteiger partial charge in [-0.25, -0.2) is 9.97 Å². The molecule has 59 heavy (non-hydrogen) atoms. The summed E-state index contributed by atoms with van der Waals surface area (Å²) in [5, 5.41) is 21.5. The molecule has 2 heterocycles. The Morgan fingerprint density at radius 3 is 1.54 bits per heavy atom. The van der Waals surface area contributed by atoms with Gasteiger partial charge in [-0.05, 0) is 118 Å². The Kier molecular flexibility index (Phi) is 7.47. The van der Waals surface area contributed by atoms with Crippen molar-refractivity contribution in [3.05, 3.63) is 200 Å². The van der Waals surface area contributed by atoms with Crippen LogP contribution in [0, 0.1) is 0 Å². The Morgan fingerprint density at radius 1 is 0.322 bits per heavy atom. The lowest BCUT2D eigenvalue weighted by molar-refractivity contribution is 1.02. The first-order valence-corrected chi connectivity index (χ1v) is 19.9. The lowest BCUT2D eigenvalue weighted by Gasteiger charge is -2.22. The highest BCUT2D eigenvalue weighted by atomic mass is 15.3. The molecule has 0 fully saturated rings. The molecule has 274 valence electrons. The Balaban J connectivity index is 1.09.